The van der Waals surface area contributed by atoms with Gasteiger partial charge in [-0.3, -0.25) is 9.59 Å². The summed E-state index contributed by atoms with van der Waals surface area (Å²) in [6, 6.07) is 3.67. The molecule has 1 aliphatic rings. The number of rotatable bonds is 8. The zero-order valence-corrected chi connectivity index (χ0v) is 14.0. The second kappa shape index (κ2) is 7.94. The molecule has 0 aliphatic heterocycles. The summed E-state index contributed by atoms with van der Waals surface area (Å²) in [6.07, 6.45) is 3.02. The number of hydrogen-bond acceptors (Lipinski definition) is 4. The van der Waals surface area contributed by atoms with Gasteiger partial charge in [-0.05, 0) is 31.7 Å². The smallest absolute Gasteiger partial charge is 0.223 e. The summed E-state index contributed by atoms with van der Waals surface area (Å²) < 4.78 is 5.46. The molecule has 1 aliphatic carbocycles. The van der Waals surface area contributed by atoms with E-state index in [1.807, 2.05) is 19.9 Å². The lowest BCUT2D eigenvalue weighted by Crippen LogP contribution is -2.31. The average Bonchev–Trinajstić information content (AvgIpc) is 3.23. The number of amides is 2. The first-order chi connectivity index (χ1) is 11.0. The molecule has 0 saturated heterocycles. The number of hydrogen-bond donors (Lipinski definition) is 2. The Morgan fingerprint density at radius 1 is 1.35 bits per heavy atom. The quantitative estimate of drug-likeness (QED) is 0.763. The van der Waals surface area contributed by atoms with E-state index in [0.29, 0.717) is 24.9 Å². The maximum Gasteiger partial charge on any atom is 0.223 e. The Bertz CT molecular complexity index is 543. The van der Waals surface area contributed by atoms with Gasteiger partial charge in [-0.1, -0.05) is 13.0 Å². The molecular weight excluding hydrogens is 294 g/mol. The lowest BCUT2D eigenvalue weighted by molar-refractivity contribution is -0.123. The second-order valence-corrected chi connectivity index (χ2v) is 6.31. The van der Waals surface area contributed by atoms with Gasteiger partial charge in [0.2, 0.25) is 17.7 Å². The van der Waals surface area contributed by atoms with Crippen LogP contribution < -0.4 is 15.4 Å². The van der Waals surface area contributed by atoms with Crippen molar-refractivity contribution in [3.63, 3.8) is 0 Å². The molecule has 0 radical (unpaired) electrons. The van der Waals surface area contributed by atoms with Crippen LogP contribution in [0.25, 0.3) is 0 Å². The first-order valence-corrected chi connectivity index (χ1v) is 8.11. The number of nitrogens with zero attached hydrogens (tertiary/aromatic N) is 1. The van der Waals surface area contributed by atoms with Crippen molar-refractivity contribution in [3.05, 3.63) is 23.9 Å². The van der Waals surface area contributed by atoms with E-state index in [1.54, 1.807) is 12.3 Å². The highest BCUT2D eigenvalue weighted by Gasteiger charge is 2.38. The minimum Gasteiger partial charge on any atom is -0.475 e. The van der Waals surface area contributed by atoms with Crippen molar-refractivity contribution in [1.29, 1.82) is 0 Å². The van der Waals surface area contributed by atoms with Crippen molar-refractivity contribution in [3.8, 4) is 5.88 Å². The second-order valence-electron chi connectivity index (χ2n) is 6.31. The van der Waals surface area contributed by atoms with E-state index in [4.69, 9.17) is 4.74 Å². The largest absolute Gasteiger partial charge is 0.475 e. The Hall–Kier alpha value is -2.11. The number of nitrogens with one attached hydrogen (secondary N) is 2. The van der Waals surface area contributed by atoms with Crippen LogP contribution in [-0.2, 0) is 16.1 Å². The highest BCUT2D eigenvalue weighted by molar-refractivity contribution is 5.82. The van der Waals surface area contributed by atoms with Crippen LogP contribution in [0.4, 0.5) is 0 Å². The summed E-state index contributed by atoms with van der Waals surface area (Å²) >= 11 is 0. The van der Waals surface area contributed by atoms with Gasteiger partial charge in [-0.2, -0.15) is 0 Å². The topological polar surface area (TPSA) is 80.3 Å². The lowest BCUT2D eigenvalue weighted by atomic mass is 10.2. The predicted molar refractivity (Wildman–Crippen MR) is 86.7 cm³/mol. The van der Waals surface area contributed by atoms with E-state index in [-0.39, 0.29) is 30.3 Å². The fourth-order valence-corrected chi connectivity index (χ4v) is 2.23. The van der Waals surface area contributed by atoms with Gasteiger partial charge in [0.05, 0.1) is 6.10 Å². The molecule has 1 saturated carbocycles. The van der Waals surface area contributed by atoms with E-state index < -0.39 is 0 Å². The standard InChI is InChI=1S/C17H25N3O3/c1-11(2)23-16-5-4-13(10-20-16)9-19-15(21)6-7-18-17(22)14-8-12(14)3/h4-5,10-12,14H,6-9H2,1-3H3,(H,18,22)(H,19,21). The van der Waals surface area contributed by atoms with Gasteiger partial charge in [0.25, 0.3) is 0 Å². The molecule has 1 aromatic rings. The molecule has 2 N–H and O–H groups in total. The highest BCUT2D eigenvalue weighted by Crippen LogP contribution is 2.37. The van der Waals surface area contributed by atoms with Gasteiger partial charge >= 0.3 is 0 Å². The monoisotopic (exact) mass is 319 g/mol. The SMILES string of the molecule is CC(C)Oc1ccc(CNC(=O)CCNC(=O)C2CC2C)cn1. The number of aromatic nitrogens is 1. The van der Waals surface area contributed by atoms with Crippen molar-refractivity contribution in [2.24, 2.45) is 11.8 Å². The number of ether oxygens (including phenoxy) is 1. The fraction of sp³-hybridized carbons (Fsp3) is 0.588. The minimum absolute atomic E-state index is 0.0650. The molecule has 6 heteroatoms. The van der Waals surface area contributed by atoms with E-state index in [9.17, 15) is 9.59 Å². The van der Waals surface area contributed by atoms with Crippen LogP contribution in [0.1, 0.15) is 39.2 Å². The molecule has 23 heavy (non-hydrogen) atoms. The van der Waals surface area contributed by atoms with Gasteiger partial charge in [0.1, 0.15) is 0 Å². The Balaban J connectivity index is 1.63. The molecule has 0 bridgehead atoms. The first kappa shape index (κ1) is 17.2. The summed E-state index contributed by atoms with van der Waals surface area (Å²) in [5.41, 5.74) is 0.908. The molecule has 6 nitrogen and oxygen atoms in total. The molecule has 126 valence electrons. The molecule has 2 rings (SSSR count). The Kier molecular flexibility index (Phi) is 5.96. The maximum atomic E-state index is 11.8. The normalized spacial score (nSPS) is 19.3. The molecular formula is C17H25N3O3. The third kappa shape index (κ3) is 5.88. The third-order valence-electron chi connectivity index (χ3n) is 3.74. The third-order valence-corrected chi connectivity index (χ3v) is 3.74. The number of pyridine rings is 1. The molecule has 1 heterocycles. The van der Waals surface area contributed by atoms with Crippen molar-refractivity contribution in [2.75, 3.05) is 6.54 Å². The zero-order chi connectivity index (χ0) is 16.8. The van der Waals surface area contributed by atoms with Crippen LogP contribution >= 0.6 is 0 Å². The molecule has 2 amide bonds. The van der Waals surface area contributed by atoms with E-state index in [0.717, 1.165) is 12.0 Å². The number of carbonyl (C=O) groups is 2. The molecule has 1 fully saturated rings. The summed E-state index contributed by atoms with van der Waals surface area (Å²) in [4.78, 5) is 27.6. The van der Waals surface area contributed by atoms with Crippen molar-refractivity contribution >= 4 is 11.8 Å². The molecule has 2 unspecified atom stereocenters. The van der Waals surface area contributed by atoms with Crippen molar-refractivity contribution in [1.82, 2.24) is 15.6 Å². The first-order valence-electron chi connectivity index (χ1n) is 8.11. The van der Waals surface area contributed by atoms with Gasteiger partial charge in [-0.15, -0.1) is 0 Å². The summed E-state index contributed by atoms with van der Waals surface area (Å²) in [5, 5.41) is 5.62. The maximum absolute atomic E-state index is 11.8. The van der Waals surface area contributed by atoms with E-state index in [2.05, 4.69) is 22.5 Å². The summed E-state index contributed by atoms with van der Waals surface area (Å²) in [7, 11) is 0. The van der Waals surface area contributed by atoms with Crippen LogP contribution in [0.2, 0.25) is 0 Å². The van der Waals surface area contributed by atoms with Gasteiger partial charge in [0.15, 0.2) is 0 Å². The fourth-order valence-electron chi connectivity index (χ4n) is 2.23. The Morgan fingerprint density at radius 3 is 2.65 bits per heavy atom. The van der Waals surface area contributed by atoms with Gasteiger partial charge < -0.3 is 15.4 Å². The van der Waals surface area contributed by atoms with E-state index >= 15 is 0 Å². The highest BCUT2D eigenvalue weighted by atomic mass is 16.5. The zero-order valence-electron chi connectivity index (χ0n) is 14.0. The predicted octanol–water partition coefficient (Wildman–Crippen LogP) is 1.65. The van der Waals surface area contributed by atoms with Gasteiger partial charge in [-0.25, -0.2) is 4.98 Å². The van der Waals surface area contributed by atoms with Crippen LogP contribution in [0.3, 0.4) is 0 Å². The summed E-state index contributed by atoms with van der Waals surface area (Å²) in [5.74, 6) is 1.19. The number of carbonyl (C=O) groups excluding carboxylic acids is 2. The summed E-state index contributed by atoms with van der Waals surface area (Å²) in [6.45, 7) is 6.74. The molecule has 0 aromatic carbocycles. The van der Waals surface area contributed by atoms with Gasteiger partial charge in [0, 0.05) is 37.7 Å². The van der Waals surface area contributed by atoms with Crippen LogP contribution in [0, 0.1) is 11.8 Å². The van der Waals surface area contributed by atoms with Crippen LogP contribution in [0.15, 0.2) is 18.3 Å². The van der Waals surface area contributed by atoms with Crippen molar-refractivity contribution < 1.29 is 14.3 Å². The van der Waals surface area contributed by atoms with Crippen molar-refractivity contribution in [2.45, 2.75) is 46.3 Å². The van der Waals surface area contributed by atoms with Crippen LogP contribution in [0.5, 0.6) is 5.88 Å². The molecule has 2 atom stereocenters. The average molecular weight is 319 g/mol. The lowest BCUT2D eigenvalue weighted by Gasteiger charge is -2.09. The van der Waals surface area contributed by atoms with E-state index in [1.165, 1.54) is 0 Å². The minimum atomic E-state index is -0.0864. The van der Waals surface area contributed by atoms with Crippen LogP contribution in [-0.4, -0.2) is 29.4 Å². The Morgan fingerprint density at radius 2 is 2.09 bits per heavy atom. The molecule has 1 aromatic heterocycles. The Labute approximate surface area is 137 Å². The molecule has 0 spiro atoms.